The zero-order valence-corrected chi connectivity index (χ0v) is 11.0. The first-order valence-electron chi connectivity index (χ1n) is 5.86. The van der Waals surface area contributed by atoms with Crippen LogP contribution in [0.15, 0.2) is 0 Å². The molecule has 2 fully saturated rings. The van der Waals surface area contributed by atoms with Crippen LogP contribution in [-0.4, -0.2) is 62.1 Å². The first kappa shape index (κ1) is 14.4. The van der Waals surface area contributed by atoms with Crippen LogP contribution in [0.4, 0.5) is 0 Å². The van der Waals surface area contributed by atoms with Crippen molar-refractivity contribution in [3.05, 3.63) is 0 Å². The summed E-state index contributed by atoms with van der Waals surface area (Å²) in [6.45, 7) is 5.15. The molecule has 2 heterocycles. The molecule has 100 valence electrons. The Bertz CT molecular complexity index is 339. The molecule has 0 saturated carbocycles. The SMILES string of the molecule is C(N1CCCC1)=[N+]1CCCC1.COS(=O)(=O)[O-]. The molecule has 0 aromatic rings. The van der Waals surface area contributed by atoms with E-state index in [1.165, 1.54) is 51.9 Å². The lowest BCUT2D eigenvalue weighted by molar-refractivity contribution is -0.505. The topological polar surface area (TPSA) is 72.7 Å². The molecular formula is C10H20N2O4S. The number of likely N-dealkylation sites (tertiary alicyclic amines) is 1. The lowest BCUT2D eigenvalue weighted by Crippen LogP contribution is -2.24. The minimum Gasteiger partial charge on any atom is -0.726 e. The van der Waals surface area contributed by atoms with Crippen LogP contribution in [0, 0.1) is 0 Å². The maximum absolute atomic E-state index is 9.22. The summed E-state index contributed by atoms with van der Waals surface area (Å²) in [6.07, 6.45) is 7.92. The Labute approximate surface area is 103 Å². The predicted octanol–water partition coefficient (Wildman–Crippen LogP) is 0.00980. The first-order chi connectivity index (χ1) is 8.01. The average molecular weight is 264 g/mol. The van der Waals surface area contributed by atoms with Crippen LogP contribution >= 0.6 is 0 Å². The van der Waals surface area contributed by atoms with Crippen molar-refractivity contribution < 1.29 is 21.7 Å². The van der Waals surface area contributed by atoms with E-state index in [1.54, 1.807) is 0 Å². The minimum atomic E-state index is -4.41. The van der Waals surface area contributed by atoms with E-state index in [-0.39, 0.29) is 0 Å². The predicted molar refractivity (Wildman–Crippen MR) is 62.8 cm³/mol. The summed E-state index contributed by atoms with van der Waals surface area (Å²) < 4.78 is 33.5. The Morgan fingerprint density at radius 3 is 2.06 bits per heavy atom. The van der Waals surface area contributed by atoms with E-state index in [9.17, 15) is 13.0 Å². The van der Waals surface area contributed by atoms with Crippen LogP contribution < -0.4 is 0 Å². The van der Waals surface area contributed by atoms with E-state index in [0.717, 1.165) is 7.11 Å². The number of hydrogen-bond donors (Lipinski definition) is 0. The Balaban J connectivity index is 0.000000209. The summed E-state index contributed by atoms with van der Waals surface area (Å²) >= 11 is 0. The van der Waals surface area contributed by atoms with Gasteiger partial charge in [0.2, 0.25) is 16.7 Å². The second-order valence-corrected chi connectivity index (χ2v) is 5.33. The highest BCUT2D eigenvalue weighted by atomic mass is 32.3. The molecule has 0 bridgehead atoms. The molecule has 0 spiro atoms. The molecule has 6 nitrogen and oxygen atoms in total. The standard InChI is InChI=1S/C9H17N2.CH4O4S/c1-2-6-10(5-1)9-11-7-3-4-8-11;1-5-6(2,3)4/h9H,1-8H2;1H3,(H,2,3,4)/q+1;/p-1. The Kier molecular flexibility index (Phi) is 5.87. The van der Waals surface area contributed by atoms with Crippen LogP contribution in [0.3, 0.4) is 0 Å². The maximum Gasteiger partial charge on any atom is 0.234 e. The van der Waals surface area contributed by atoms with Crippen molar-refractivity contribution in [2.24, 2.45) is 0 Å². The Morgan fingerprint density at radius 1 is 1.18 bits per heavy atom. The highest BCUT2D eigenvalue weighted by Gasteiger charge is 2.16. The second kappa shape index (κ2) is 6.93. The fourth-order valence-corrected chi connectivity index (χ4v) is 1.95. The van der Waals surface area contributed by atoms with Crippen LogP contribution in [-0.2, 0) is 14.6 Å². The van der Waals surface area contributed by atoms with E-state index in [0.29, 0.717) is 0 Å². The molecule has 0 amide bonds. The third kappa shape index (κ3) is 6.60. The van der Waals surface area contributed by atoms with Crippen molar-refractivity contribution in [1.29, 1.82) is 0 Å². The van der Waals surface area contributed by atoms with Crippen molar-refractivity contribution in [3.63, 3.8) is 0 Å². The van der Waals surface area contributed by atoms with Crippen molar-refractivity contribution in [2.45, 2.75) is 25.7 Å². The summed E-state index contributed by atoms with van der Waals surface area (Å²) in [5.74, 6) is 0. The van der Waals surface area contributed by atoms with Gasteiger partial charge in [-0.3, -0.25) is 13.7 Å². The van der Waals surface area contributed by atoms with Crippen molar-refractivity contribution in [1.82, 2.24) is 4.90 Å². The molecule has 0 unspecified atom stereocenters. The van der Waals surface area contributed by atoms with Crippen LogP contribution in [0.25, 0.3) is 0 Å². The smallest absolute Gasteiger partial charge is 0.234 e. The van der Waals surface area contributed by atoms with Gasteiger partial charge in [0.05, 0.1) is 33.3 Å². The van der Waals surface area contributed by atoms with Crippen molar-refractivity contribution in [3.8, 4) is 0 Å². The van der Waals surface area contributed by atoms with Crippen LogP contribution in [0.2, 0.25) is 0 Å². The molecule has 0 aliphatic carbocycles. The lowest BCUT2D eigenvalue weighted by atomic mass is 10.4. The van der Waals surface area contributed by atoms with E-state index in [1.807, 2.05) is 0 Å². The van der Waals surface area contributed by atoms with Gasteiger partial charge in [0.15, 0.2) is 0 Å². The number of nitrogens with zero attached hydrogens (tertiary/aromatic N) is 2. The monoisotopic (exact) mass is 264 g/mol. The molecular weight excluding hydrogens is 244 g/mol. The summed E-state index contributed by atoms with van der Waals surface area (Å²) in [4.78, 5) is 2.46. The van der Waals surface area contributed by atoms with E-state index >= 15 is 0 Å². The van der Waals surface area contributed by atoms with Gasteiger partial charge >= 0.3 is 0 Å². The summed E-state index contributed by atoms with van der Waals surface area (Å²) in [5, 5.41) is 0. The number of hydrogen-bond acceptors (Lipinski definition) is 4. The number of rotatable bonds is 2. The molecule has 0 radical (unpaired) electrons. The summed E-state index contributed by atoms with van der Waals surface area (Å²) in [6, 6.07) is 0. The molecule has 2 aliphatic rings. The molecule has 7 heteroatoms. The molecule has 17 heavy (non-hydrogen) atoms. The van der Waals surface area contributed by atoms with Gasteiger partial charge < -0.3 is 4.55 Å². The van der Waals surface area contributed by atoms with Crippen molar-refractivity contribution >= 4 is 16.7 Å². The second-order valence-electron chi connectivity index (χ2n) is 4.18. The largest absolute Gasteiger partial charge is 0.726 e. The van der Waals surface area contributed by atoms with Gasteiger partial charge in [0, 0.05) is 0 Å². The van der Waals surface area contributed by atoms with Gasteiger partial charge in [-0.1, -0.05) is 0 Å². The highest BCUT2D eigenvalue weighted by molar-refractivity contribution is 7.80. The Morgan fingerprint density at radius 2 is 1.65 bits per heavy atom. The molecule has 2 aliphatic heterocycles. The fourth-order valence-electron chi connectivity index (χ4n) is 1.95. The van der Waals surface area contributed by atoms with E-state index in [2.05, 4.69) is 20.0 Å². The lowest BCUT2D eigenvalue weighted by Gasteiger charge is -2.04. The van der Waals surface area contributed by atoms with Gasteiger partial charge in [-0.05, 0) is 25.7 Å². The summed E-state index contributed by atoms with van der Waals surface area (Å²) in [7, 11) is -3.60. The Hall–Kier alpha value is -0.660. The van der Waals surface area contributed by atoms with Gasteiger partial charge in [-0.2, -0.15) is 0 Å². The highest BCUT2D eigenvalue weighted by Crippen LogP contribution is 2.06. The van der Waals surface area contributed by atoms with Crippen LogP contribution in [0.1, 0.15) is 25.7 Å². The third-order valence-corrected chi connectivity index (χ3v) is 3.22. The first-order valence-corrected chi connectivity index (χ1v) is 7.19. The molecule has 0 atom stereocenters. The van der Waals surface area contributed by atoms with Crippen molar-refractivity contribution in [2.75, 3.05) is 33.3 Å². The van der Waals surface area contributed by atoms with Gasteiger partial charge in [0.1, 0.15) is 0 Å². The minimum absolute atomic E-state index is 0.808. The van der Waals surface area contributed by atoms with Crippen LogP contribution in [0.5, 0.6) is 0 Å². The molecule has 2 rings (SSSR count). The zero-order valence-electron chi connectivity index (χ0n) is 10.2. The zero-order chi connectivity index (χ0) is 12.7. The maximum atomic E-state index is 9.22. The van der Waals surface area contributed by atoms with Gasteiger partial charge in [-0.25, -0.2) is 8.42 Å². The quantitative estimate of drug-likeness (QED) is 0.304. The van der Waals surface area contributed by atoms with E-state index in [4.69, 9.17) is 0 Å². The molecule has 2 saturated heterocycles. The van der Waals surface area contributed by atoms with Gasteiger partial charge in [-0.15, -0.1) is 0 Å². The normalized spacial score (nSPS) is 20.1. The van der Waals surface area contributed by atoms with Gasteiger partial charge in [0.25, 0.3) is 0 Å². The van der Waals surface area contributed by atoms with E-state index < -0.39 is 10.4 Å². The summed E-state index contributed by atoms with van der Waals surface area (Å²) in [5.41, 5.74) is 0. The average Bonchev–Trinajstić information content (AvgIpc) is 2.91. The molecule has 0 aromatic carbocycles. The fraction of sp³-hybridized carbons (Fsp3) is 0.900. The molecule has 0 N–H and O–H groups in total. The third-order valence-electron chi connectivity index (χ3n) is 2.81. The molecule has 0 aromatic heterocycles.